The van der Waals surface area contributed by atoms with Crippen LogP contribution in [0.3, 0.4) is 0 Å². The predicted molar refractivity (Wildman–Crippen MR) is 72.9 cm³/mol. The first kappa shape index (κ1) is 13.9. The molecule has 2 aromatic heterocycles. The Morgan fingerprint density at radius 2 is 2.25 bits per heavy atom. The van der Waals surface area contributed by atoms with Crippen molar-refractivity contribution in [3.8, 4) is 0 Å². The number of nitrogens with two attached hydrogens (primary N) is 1. The number of nitrogens with zero attached hydrogens (tertiary/aromatic N) is 2. The molecule has 1 amide bonds. The second-order valence-corrected chi connectivity index (χ2v) is 4.43. The van der Waals surface area contributed by atoms with Gasteiger partial charge in [0, 0.05) is 11.3 Å². The van der Waals surface area contributed by atoms with Crippen molar-refractivity contribution in [2.45, 2.75) is 26.9 Å². The van der Waals surface area contributed by atoms with E-state index in [4.69, 9.17) is 10.2 Å². The molecule has 0 unspecified atom stereocenters. The van der Waals surface area contributed by atoms with Crippen LogP contribution in [0.15, 0.2) is 27.6 Å². The molecule has 3 N–H and O–H groups in total. The van der Waals surface area contributed by atoms with Crippen molar-refractivity contribution < 1.29 is 9.21 Å². The normalized spacial score (nSPS) is 10.5. The summed E-state index contributed by atoms with van der Waals surface area (Å²) in [5.41, 5.74) is 6.43. The van der Waals surface area contributed by atoms with Crippen LogP contribution in [0.4, 0.5) is 5.95 Å². The van der Waals surface area contributed by atoms with Crippen molar-refractivity contribution in [1.29, 1.82) is 0 Å². The number of furan rings is 1. The topological polar surface area (TPSA) is 103 Å². The van der Waals surface area contributed by atoms with Gasteiger partial charge in [-0.1, -0.05) is 0 Å². The number of hydrogen-bond acceptors (Lipinski definition) is 5. The van der Waals surface area contributed by atoms with E-state index >= 15 is 0 Å². The predicted octanol–water partition coefficient (Wildman–Crippen LogP) is 0.352. The Morgan fingerprint density at radius 1 is 1.50 bits per heavy atom. The monoisotopic (exact) mass is 276 g/mol. The summed E-state index contributed by atoms with van der Waals surface area (Å²) >= 11 is 0. The average molecular weight is 276 g/mol. The third kappa shape index (κ3) is 2.87. The van der Waals surface area contributed by atoms with Crippen molar-refractivity contribution >= 4 is 11.9 Å². The van der Waals surface area contributed by atoms with Crippen molar-refractivity contribution in [3.63, 3.8) is 0 Å². The van der Waals surface area contributed by atoms with Gasteiger partial charge < -0.3 is 15.5 Å². The van der Waals surface area contributed by atoms with E-state index in [-0.39, 0.29) is 30.5 Å². The van der Waals surface area contributed by atoms with Gasteiger partial charge in [0.2, 0.25) is 11.9 Å². The molecule has 0 spiro atoms. The zero-order valence-electron chi connectivity index (χ0n) is 11.3. The molecule has 2 heterocycles. The van der Waals surface area contributed by atoms with Gasteiger partial charge >= 0.3 is 0 Å². The van der Waals surface area contributed by atoms with Crippen LogP contribution in [0, 0.1) is 13.8 Å². The molecule has 0 aliphatic heterocycles. The lowest BCUT2D eigenvalue weighted by atomic mass is 10.2. The highest BCUT2D eigenvalue weighted by Crippen LogP contribution is 2.02. The van der Waals surface area contributed by atoms with E-state index in [0.717, 1.165) is 4.57 Å². The smallest absolute Gasteiger partial charge is 0.258 e. The van der Waals surface area contributed by atoms with Crippen LogP contribution in [0.25, 0.3) is 0 Å². The molecule has 0 saturated carbocycles. The SMILES string of the molecule is Cc1nc(N)n(CC(=O)NCc2ccco2)c(=O)c1C. The Balaban J connectivity index is 2.08. The van der Waals surface area contributed by atoms with Gasteiger partial charge in [0.25, 0.3) is 5.56 Å². The molecular formula is C13H16N4O3. The molecule has 2 aromatic rings. The zero-order valence-corrected chi connectivity index (χ0v) is 11.3. The summed E-state index contributed by atoms with van der Waals surface area (Å²) < 4.78 is 6.25. The van der Waals surface area contributed by atoms with E-state index in [0.29, 0.717) is 17.0 Å². The molecule has 7 nitrogen and oxygen atoms in total. The van der Waals surface area contributed by atoms with Gasteiger partial charge in [-0.25, -0.2) is 4.98 Å². The van der Waals surface area contributed by atoms with Crippen LogP contribution >= 0.6 is 0 Å². The van der Waals surface area contributed by atoms with E-state index in [1.165, 1.54) is 6.26 Å². The Bertz CT molecular complexity index is 674. The van der Waals surface area contributed by atoms with Gasteiger partial charge in [-0.2, -0.15) is 0 Å². The van der Waals surface area contributed by atoms with Crippen LogP contribution in [0.5, 0.6) is 0 Å². The van der Waals surface area contributed by atoms with E-state index in [9.17, 15) is 9.59 Å². The lowest BCUT2D eigenvalue weighted by Crippen LogP contribution is -2.35. The summed E-state index contributed by atoms with van der Waals surface area (Å²) in [5.74, 6) is 0.336. The molecule has 106 valence electrons. The second kappa shape index (κ2) is 5.60. The van der Waals surface area contributed by atoms with Crippen LogP contribution < -0.4 is 16.6 Å². The number of nitrogens with one attached hydrogen (secondary N) is 1. The minimum atomic E-state index is -0.333. The average Bonchev–Trinajstić information content (AvgIpc) is 2.92. The number of anilines is 1. The zero-order chi connectivity index (χ0) is 14.7. The fourth-order valence-corrected chi connectivity index (χ4v) is 1.73. The molecule has 0 aromatic carbocycles. The highest BCUT2D eigenvalue weighted by atomic mass is 16.3. The van der Waals surface area contributed by atoms with Crippen LogP contribution in [-0.4, -0.2) is 15.5 Å². The number of rotatable bonds is 4. The van der Waals surface area contributed by atoms with Crippen molar-refractivity contribution in [3.05, 3.63) is 45.8 Å². The number of carbonyl (C=O) groups is 1. The standard InChI is InChI=1S/C13H16N4O3/c1-8-9(2)16-13(14)17(12(8)19)7-11(18)15-6-10-4-3-5-20-10/h3-5H,6-7H2,1-2H3,(H2,14,16)(H,15,18). The Kier molecular flexibility index (Phi) is 3.88. The second-order valence-electron chi connectivity index (χ2n) is 4.43. The number of nitrogen functional groups attached to an aromatic ring is 1. The summed E-state index contributed by atoms with van der Waals surface area (Å²) in [6.07, 6.45) is 1.53. The summed E-state index contributed by atoms with van der Waals surface area (Å²) in [4.78, 5) is 27.9. The van der Waals surface area contributed by atoms with Crippen LogP contribution in [-0.2, 0) is 17.9 Å². The van der Waals surface area contributed by atoms with E-state index in [2.05, 4.69) is 10.3 Å². The van der Waals surface area contributed by atoms with Gasteiger partial charge in [0.1, 0.15) is 12.3 Å². The molecule has 2 rings (SSSR count). The Labute approximate surface area is 115 Å². The van der Waals surface area contributed by atoms with Crippen molar-refractivity contribution in [2.75, 3.05) is 5.73 Å². The summed E-state index contributed by atoms with van der Waals surface area (Å²) in [6, 6.07) is 3.48. The van der Waals surface area contributed by atoms with E-state index < -0.39 is 0 Å². The third-order valence-electron chi connectivity index (χ3n) is 3.01. The maximum atomic E-state index is 12.0. The minimum absolute atomic E-state index is 0.0336. The largest absolute Gasteiger partial charge is 0.467 e. The first-order valence-electron chi connectivity index (χ1n) is 6.11. The molecule has 0 fully saturated rings. The molecule has 7 heteroatoms. The van der Waals surface area contributed by atoms with Gasteiger partial charge in [-0.15, -0.1) is 0 Å². The molecule has 0 radical (unpaired) electrons. The minimum Gasteiger partial charge on any atom is -0.467 e. The molecule has 0 aliphatic rings. The number of aryl methyl sites for hydroxylation is 1. The van der Waals surface area contributed by atoms with Crippen molar-refractivity contribution in [1.82, 2.24) is 14.9 Å². The summed E-state index contributed by atoms with van der Waals surface area (Å²) in [7, 11) is 0. The van der Waals surface area contributed by atoms with Crippen molar-refractivity contribution in [2.24, 2.45) is 0 Å². The van der Waals surface area contributed by atoms with Gasteiger partial charge in [-0.3, -0.25) is 14.2 Å². The molecule has 0 bridgehead atoms. The first-order chi connectivity index (χ1) is 9.49. The highest BCUT2D eigenvalue weighted by Gasteiger charge is 2.12. The molecule has 0 saturated heterocycles. The maximum absolute atomic E-state index is 12.0. The molecule has 0 aliphatic carbocycles. The summed E-state index contributed by atoms with van der Waals surface area (Å²) in [6.45, 7) is 3.45. The van der Waals surface area contributed by atoms with Crippen LogP contribution in [0.2, 0.25) is 0 Å². The summed E-state index contributed by atoms with van der Waals surface area (Å²) in [5, 5.41) is 2.65. The number of amides is 1. The van der Waals surface area contributed by atoms with Gasteiger partial charge in [-0.05, 0) is 26.0 Å². The van der Waals surface area contributed by atoms with Gasteiger partial charge in [0.15, 0.2) is 0 Å². The lowest BCUT2D eigenvalue weighted by Gasteiger charge is -2.11. The molecule has 20 heavy (non-hydrogen) atoms. The highest BCUT2D eigenvalue weighted by molar-refractivity contribution is 5.76. The number of aromatic nitrogens is 2. The maximum Gasteiger partial charge on any atom is 0.258 e. The van der Waals surface area contributed by atoms with Crippen LogP contribution in [0.1, 0.15) is 17.0 Å². The van der Waals surface area contributed by atoms with Gasteiger partial charge in [0.05, 0.1) is 12.8 Å². The molecular weight excluding hydrogens is 260 g/mol. The number of carbonyl (C=O) groups excluding carboxylic acids is 1. The molecule has 0 atom stereocenters. The fourth-order valence-electron chi connectivity index (χ4n) is 1.73. The number of hydrogen-bond donors (Lipinski definition) is 2. The van der Waals surface area contributed by atoms with E-state index in [1.807, 2.05) is 0 Å². The quantitative estimate of drug-likeness (QED) is 0.838. The Morgan fingerprint density at radius 3 is 2.90 bits per heavy atom. The third-order valence-corrected chi connectivity index (χ3v) is 3.01. The first-order valence-corrected chi connectivity index (χ1v) is 6.11. The Hall–Kier alpha value is -2.57. The fraction of sp³-hybridized carbons (Fsp3) is 0.308. The van der Waals surface area contributed by atoms with E-state index in [1.54, 1.807) is 26.0 Å². The lowest BCUT2D eigenvalue weighted by molar-refractivity contribution is -0.121.